The Morgan fingerprint density at radius 2 is 0.540 bits per heavy atom. The third-order valence-electron chi connectivity index (χ3n) is 11.2. The maximum Gasteiger partial charge on any atom is 0.330 e. The van der Waals surface area contributed by atoms with Crippen molar-refractivity contribution in [1.82, 2.24) is 0 Å². The van der Waals surface area contributed by atoms with Crippen molar-refractivity contribution in [2.75, 3.05) is 0 Å². The summed E-state index contributed by atoms with van der Waals surface area (Å²) in [5, 5.41) is 0. The lowest BCUT2D eigenvalue weighted by atomic mass is 10.0. The molecule has 0 radical (unpaired) electrons. The molecule has 0 aliphatic carbocycles. The van der Waals surface area contributed by atoms with Crippen LogP contribution in [0.5, 0.6) is 0 Å². The molecule has 1 atom stereocenters. The van der Waals surface area contributed by atoms with Gasteiger partial charge in [-0.2, -0.15) is 0 Å². The van der Waals surface area contributed by atoms with E-state index in [2.05, 4.69) is 20.4 Å². The first-order valence-corrected chi connectivity index (χ1v) is 23.6. The van der Waals surface area contributed by atoms with E-state index in [1.54, 1.807) is 0 Å². The molecule has 0 amide bonds. The van der Waals surface area contributed by atoms with Gasteiger partial charge in [0.2, 0.25) is 0 Å². The summed E-state index contributed by atoms with van der Waals surface area (Å²) < 4.78 is 5.71. The van der Waals surface area contributed by atoms with E-state index < -0.39 is 0 Å². The Morgan fingerprint density at radius 1 is 0.360 bits per heavy atom. The molecule has 1 unspecified atom stereocenters. The number of hydrogen-bond acceptors (Lipinski definition) is 2. The predicted molar refractivity (Wildman–Crippen MR) is 225 cm³/mol. The monoisotopic (exact) mass is 703 g/mol. The lowest BCUT2D eigenvalue weighted by Gasteiger charge is -2.17. The third-order valence-corrected chi connectivity index (χ3v) is 11.2. The van der Waals surface area contributed by atoms with Gasteiger partial charge < -0.3 is 4.74 Å². The summed E-state index contributed by atoms with van der Waals surface area (Å²) in [6.45, 7) is 8.21. The summed E-state index contributed by atoms with van der Waals surface area (Å²) in [6.07, 6.45) is 60.0. The highest BCUT2D eigenvalue weighted by Gasteiger charge is 2.12. The maximum atomic E-state index is 11.9. The van der Waals surface area contributed by atoms with E-state index in [1.165, 1.54) is 263 Å². The van der Waals surface area contributed by atoms with Crippen LogP contribution in [-0.2, 0) is 9.53 Å². The molecular formula is C48H94O2. The van der Waals surface area contributed by atoms with Crippen molar-refractivity contribution < 1.29 is 9.53 Å². The van der Waals surface area contributed by atoms with Gasteiger partial charge >= 0.3 is 5.97 Å². The van der Waals surface area contributed by atoms with Crippen molar-refractivity contribution in [2.24, 2.45) is 0 Å². The van der Waals surface area contributed by atoms with Gasteiger partial charge in [0, 0.05) is 6.08 Å². The third kappa shape index (κ3) is 41.6. The van der Waals surface area contributed by atoms with Gasteiger partial charge in [-0.25, -0.2) is 4.79 Å². The molecular weight excluding hydrogens is 609 g/mol. The molecule has 0 saturated heterocycles. The van der Waals surface area contributed by atoms with Crippen molar-refractivity contribution in [3.63, 3.8) is 0 Å². The highest BCUT2D eigenvalue weighted by molar-refractivity contribution is 5.81. The van der Waals surface area contributed by atoms with Crippen molar-refractivity contribution in [3.05, 3.63) is 12.7 Å². The van der Waals surface area contributed by atoms with Gasteiger partial charge in [-0.05, 0) is 25.7 Å². The van der Waals surface area contributed by atoms with Crippen molar-refractivity contribution in [3.8, 4) is 0 Å². The maximum absolute atomic E-state index is 11.9. The van der Waals surface area contributed by atoms with Crippen LogP contribution in [0.15, 0.2) is 12.7 Å². The average Bonchev–Trinajstić information content (AvgIpc) is 3.12. The zero-order chi connectivity index (χ0) is 36.3. The van der Waals surface area contributed by atoms with Gasteiger partial charge in [0.15, 0.2) is 0 Å². The highest BCUT2D eigenvalue weighted by atomic mass is 16.5. The fourth-order valence-corrected chi connectivity index (χ4v) is 7.73. The molecule has 0 heterocycles. The SMILES string of the molecule is C=CC(=O)OC(CCCCCCCCCCCCCCC)CCCCCCCCCCCCCCCCCCCCCCCCCCCCC. The van der Waals surface area contributed by atoms with Crippen molar-refractivity contribution in [2.45, 2.75) is 290 Å². The van der Waals surface area contributed by atoms with Crippen LogP contribution in [0.2, 0.25) is 0 Å². The first kappa shape index (κ1) is 49.2. The van der Waals surface area contributed by atoms with Crippen molar-refractivity contribution >= 4 is 5.97 Å². The zero-order valence-corrected chi connectivity index (χ0v) is 34.9. The predicted octanol–water partition coefficient (Wildman–Crippen LogP) is 17.5. The molecule has 0 aromatic carbocycles. The summed E-state index contributed by atoms with van der Waals surface area (Å²) in [7, 11) is 0. The van der Waals surface area contributed by atoms with Crippen LogP contribution < -0.4 is 0 Å². The lowest BCUT2D eigenvalue weighted by molar-refractivity contribution is -0.143. The summed E-state index contributed by atoms with van der Waals surface area (Å²) in [5.41, 5.74) is 0. The van der Waals surface area contributed by atoms with Gasteiger partial charge in [-0.3, -0.25) is 0 Å². The molecule has 2 heteroatoms. The van der Waals surface area contributed by atoms with E-state index in [0.29, 0.717) is 0 Å². The Bertz CT molecular complexity index is 642. The molecule has 0 aliphatic rings. The van der Waals surface area contributed by atoms with Gasteiger partial charge in [0.1, 0.15) is 6.10 Å². The number of hydrogen-bond donors (Lipinski definition) is 0. The summed E-state index contributed by atoms with van der Waals surface area (Å²) in [4.78, 5) is 11.9. The Hall–Kier alpha value is -0.790. The standard InChI is InChI=1S/C48H94O2/c1-4-7-9-11-13-15-17-19-20-21-22-23-24-25-26-27-28-29-30-31-32-34-36-38-40-42-44-46-47(50-48(49)6-3)45-43-41-39-37-35-33-18-16-14-12-10-8-5-2/h6,47H,3-5,7-46H2,1-2H3. The van der Waals surface area contributed by atoms with Crippen LogP contribution in [0.4, 0.5) is 0 Å². The van der Waals surface area contributed by atoms with E-state index >= 15 is 0 Å². The van der Waals surface area contributed by atoms with Gasteiger partial charge in [0.05, 0.1) is 0 Å². The normalized spacial score (nSPS) is 12.0. The second kappa shape index (κ2) is 44.4. The molecule has 0 aliphatic heterocycles. The van der Waals surface area contributed by atoms with Crippen molar-refractivity contribution in [1.29, 1.82) is 0 Å². The molecule has 0 saturated carbocycles. The first-order valence-electron chi connectivity index (χ1n) is 23.6. The fraction of sp³-hybridized carbons (Fsp3) is 0.938. The van der Waals surface area contributed by atoms with Crippen LogP contribution in [0.25, 0.3) is 0 Å². The molecule has 50 heavy (non-hydrogen) atoms. The number of ether oxygens (including phenoxy) is 1. The molecule has 0 N–H and O–H groups in total. The molecule has 0 aromatic rings. The number of esters is 1. The minimum absolute atomic E-state index is 0.0902. The van der Waals surface area contributed by atoms with Crippen LogP contribution in [-0.4, -0.2) is 12.1 Å². The highest BCUT2D eigenvalue weighted by Crippen LogP contribution is 2.19. The molecule has 0 spiro atoms. The smallest absolute Gasteiger partial charge is 0.330 e. The molecule has 298 valence electrons. The fourth-order valence-electron chi connectivity index (χ4n) is 7.73. The van der Waals surface area contributed by atoms with Gasteiger partial charge in [-0.1, -0.05) is 264 Å². The topological polar surface area (TPSA) is 26.3 Å². The second-order valence-electron chi connectivity index (χ2n) is 16.3. The summed E-state index contributed by atoms with van der Waals surface area (Å²) in [5.74, 6) is -0.241. The lowest BCUT2D eigenvalue weighted by Crippen LogP contribution is -2.16. The zero-order valence-electron chi connectivity index (χ0n) is 34.9. The summed E-state index contributed by atoms with van der Waals surface area (Å²) in [6, 6.07) is 0. The minimum Gasteiger partial charge on any atom is -0.459 e. The number of carbonyl (C=O) groups excluding carboxylic acids is 1. The molecule has 0 bridgehead atoms. The number of unbranched alkanes of at least 4 members (excludes halogenated alkanes) is 38. The number of carbonyl (C=O) groups is 1. The second-order valence-corrected chi connectivity index (χ2v) is 16.3. The van der Waals surface area contributed by atoms with Crippen LogP contribution >= 0.6 is 0 Å². The number of rotatable bonds is 44. The average molecular weight is 703 g/mol. The molecule has 0 aromatic heterocycles. The van der Waals surface area contributed by atoms with E-state index in [-0.39, 0.29) is 12.1 Å². The van der Waals surface area contributed by atoms with E-state index in [0.717, 1.165) is 12.8 Å². The van der Waals surface area contributed by atoms with Gasteiger partial charge in [-0.15, -0.1) is 0 Å². The van der Waals surface area contributed by atoms with Crippen LogP contribution in [0.1, 0.15) is 284 Å². The molecule has 2 nitrogen and oxygen atoms in total. The quantitative estimate of drug-likeness (QED) is 0.0359. The van der Waals surface area contributed by atoms with Crippen LogP contribution in [0.3, 0.4) is 0 Å². The minimum atomic E-state index is -0.241. The Labute approximate surface area is 316 Å². The largest absolute Gasteiger partial charge is 0.459 e. The first-order chi connectivity index (χ1) is 24.7. The van der Waals surface area contributed by atoms with Crippen LogP contribution in [0, 0.1) is 0 Å². The molecule has 0 fully saturated rings. The molecule has 0 rings (SSSR count). The Balaban J connectivity index is 3.44. The van der Waals surface area contributed by atoms with E-state index in [9.17, 15) is 4.79 Å². The Morgan fingerprint density at radius 3 is 0.720 bits per heavy atom. The Kier molecular flexibility index (Phi) is 43.7. The van der Waals surface area contributed by atoms with E-state index in [1.807, 2.05) is 0 Å². The summed E-state index contributed by atoms with van der Waals surface area (Å²) >= 11 is 0. The van der Waals surface area contributed by atoms with Gasteiger partial charge in [0.25, 0.3) is 0 Å². The van der Waals surface area contributed by atoms with E-state index in [4.69, 9.17) is 4.74 Å².